The summed E-state index contributed by atoms with van der Waals surface area (Å²) in [6.07, 6.45) is 0.889. The summed E-state index contributed by atoms with van der Waals surface area (Å²) in [5.74, 6) is 1.68. The Morgan fingerprint density at radius 1 is 1.42 bits per heavy atom. The second-order valence-electron chi connectivity index (χ2n) is 6.31. The van der Waals surface area contributed by atoms with Gasteiger partial charge in [-0.05, 0) is 24.6 Å². The highest BCUT2D eigenvalue weighted by Crippen LogP contribution is 2.34. The van der Waals surface area contributed by atoms with Crippen molar-refractivity contribution >= 4 is 28.2 Å². The van der Waals surface area contributed by atoms with Crippen LogP contribution in [0.1, 0.15) is 18.9 Å². The Labute approximate surface area is 158 Å². The van der Waals surface area contributed by atoms with Crippen molar-refractivity contribution < 1.29 is 30.9 Å². The van der Waals surface area contributed by atoms with Crippen LogP contribution in [0, 0.1) is 0 Å². The van der Waals surface area contributed by atoms with Gasteiger partial charge in [0.25, 0.3) is 16.4 Å². The number of ether oxygens (including phenoxy) is 1. The zero-order valence-electron chi connectivity index (χ0n) is 15.1. The van der Waals surface area contributed by atoms with Gasteiger partial charge in [-0.25, -0.2) is 8.42 Å². The molecule has 1 aromatic carbocycles. The highest BCUT2D eigenvalue weighted by Gasteiger charge is 2.46. The minimum Gasteiger partial charge on any atom is -0.722 e. The lowest BCUT2D eigenvalue weighted by atomic mass is 10.2. The van der Waals surface area contributed by atoms with Gasteiger partial charge in [0.15, 0.2) is 6.04 Å². The number of nitrogens with zero attached hydrogens (tertiary/aromatic N) is 1. The molecule has 1 saturated heterocycles. The molecule has 1 heterocycles. The first-order chi connectivity index (χ1) is 12.0. The number of carbonyl (C=O) groups excluding carboxylic acids is 1. The Morgan fingerprint density at radius 3 is 2.35 bits per heavy atom. The Hall–Kier alpha value is -1.36. The van der Waals surface area contributed by atoms with E-state index in [-0.39, 0.29) is 11.9 Å². The average Bonchev–Trinajstić information content (AvgIpc) is 2.90. The lowest BCUT2D eigenvalue weighted by Crippen LogP contribution is -2.53. The van der Waals surface area contributed by atoms with E-state index in [1.165, 1.54) is 5.56 Å². The standard InChI is InChI=1S/C16H24N2O2S.FHO3S/c1-4-18(2)10-14(9-15(18)16(17)19)21-11-12-5-7-13(20-3)8-6-12;1-5(2,3)4/h5-8,14-15H,4,9-11H2,1-3H3,(H-,17,19);(H,2,3,4)/t14-,15-,18?;/m0./s1. The number of likely N-dealkylation sites (tertiary alicyclic amines) is 1. The van der Waals surface area contributed by atoms with Gasteiger partial charge in [-0.1, -0.05) is 12.1 Å². The summed E-state index contributed by atoms with van der Waals surface area (Å²) >= 11 is 1.93. The maximum absolute atomic E-state index is 11.6. The summed E-state index contributed by atoms with van der Waals surface area (Å²) in [5, 5.41) is 0.495. The van der Waals surface area contributed by atoms with Crippen molar-refractivity contribution in [3.63, 3.8) is 0 Å². The molecule has 0 saturated carbocycles. The molecular formula is C16H25FN2O5S2. The summed E-state index contributed by atoms with van der Waals surface area (Å²) in [6, 6.07) is 8.13. The number of methoxy groups -OCH3 is 1. The van der Waals surface area contributed by atoms with Gasteiger partial charge < -0.3 is 19.5 Å². The number of hydrogen-bond donors (Lipinski definition) is 1. The van der Waals surface area contributed by atoms with Crippen molar-refractivity contribution in [3.8, 4) is 5.75 Å². The smallest absolute Gasteiger partial charge is 0.275 e. The molecular weight excluding hydrogens is 383 g/mol. The molecule has 1 unspecified atom stereocenters. The Morgan fingerprint density at radius 2 is 1.96 bits per heavy atom. The lowest BCUT2D eigenvalue weighted by Gasteiger charge is -2.33. The Bertz CT molecular complexity index is 691. The number of hydrogen-bond acceptors (Lipinski definition) is 6. The molecule has 1 amide bonds. The van der Waals surface area contributed by atoms with E-state index in [1.807, 2.05) is 23.9 Å². The van der Waals surface area contributed by atoms with Crippen LogP contribution in [0.3, 0.4) is 0 Å². The molecule has 0 radical (unpaired) electrons. The van der Waals surface area contributed by atoms with Gasteiger partial charge in [0.1, 0.15) is 5.75 Å². The minimum absolute atomic E-state index is 0.0385. The molecule has 3 atom stereocenters. The van der Waals surface area contributed by atoms with E-state index in [0.29, 0.717) is 5.25 Å². The highest BCUT2D eigenvalue weighted by molar-refractivity contribution is 7.99. The lowest BCUT2D eigenvalue weighted by molar-refractivity contribution is -0.910. The van der Waals surface area contributed by atoms with E-state index >= 15 is 0 Å². The quantitative estimate of drug-likeness (QED) is 0.433. The van der Waals surface area contributed by atoms with E-state index < -0.39 is 10.5 Å². The Kier molecular flexibility index (Phi) is 8.32. The van der Waals surface area contributed by atoms with Gasteiger partial charge in [-0.2, -0.15) is 0 Å². The molecule has 2 N–H and O–H groups in total. The third kappa shape index (κ3) is 7.48. The molecule has 0 bridgehead atoms. The first-order valence-corrected chi connectivity index (χ1v) is 10.4. The highest BCUT2D eigenvalue weighted by atomic mass is 32.3. The van der Waals surface area contributed by atoms with Crippen LogP contribution in [0.4, 0.5) is 3.89 Å². The predicted molar refractivity (Wildman–Crippen MR) is 98.1 cm³/mol. The van der Waals surface area contributed by atoms with E-state index in [0.717, 1.165) is 35.5 Å². The van der Waals surface area contributed by atoms with Crippen LogP contribution in [0.25, 0.3) is 0 Å². The molecule has 10 heteroatoms. The SMILES string of the molecule is CC[N+]1(C)C[C@@H](SCc2ccc(OC)cc2)C[C@H]1C(N)=O.O=S(=O)([O-])F. The average molecular weight is 409 g/mol. The second-order valence-corrected chi connectivity index (χ2v) is 8.38. The molecule has 1 fully saturated rings. The monoisotopic (exact) mass is 408 g/mol. The molecule has 2 rings (SSSR count). The first kappa shape index (κ1) is 22.7. The van der Waals surface area contributed by atoms with Gasteiger partial charge in [-0.15, -0.1) is 15.6 Å². The molecule has 0 aromatic heterocycles. The predicted octanol–water partition coefficient (Wildman–Crippen LogP) is 1.44. The molecule has 1 aliphatic heterocycles. The second kappa shape index (κ2) is 9.54. The van der Waals surface area contributed by atoms with Gasteiger partial charge in [0.2, 0.25) is 0 Å². The van der Waals surface area contributed by atoms with E-state index in [9.17, 15) is 8.68 Å². The van der Waals surface area contributed by atoms with Crippen molar-refractivity contribution in [2.75, 3.05) is 27.2 Å². The summed E-state index contributed by atoms with van der Waals surface area (Å²) in [4.78, 5) is 11.6. The Balaban J connectivity index is 0.000000597. The molecule has 0 spiro atoms. The molecule has 26 heavy (non-hydrogen) atoms. The molecule has 148 valence electrons. The van der Waals surface area contributed by atoms with Gasteiger partial charge in [0.05, 0.1) is 32.5 Å². The summed E-state index contributed by atoms with van der Waals surface area (Å²) in [7, 11) is -1.60. The van der Waals surface area contributed by atoms with Crippen molar-refractivity contribution in [3.05, 3.63) is 29.8 Å². The van der Waals surface area contributed by atoms with Crippen molar-refractivity contribution in [1.82, 2.24) is 0 Å². The fraction of sp³-hybridized carbons (Fsp3) is 0.562. The fourth-order valence-electron chi connectivity index (χ4n) is 3.00. The summed E-state index contributed by atoms with van der Waals surface area (Å²) in [6.45, 7) is 4.10. The van der Waals surface area contributed by atoms with E-state index in [2.05, 4.69) is 26.1 Å². The largest absolute Gasteiger partial charge is 0.722 e. The topological polar surface area (TPSA) is 110 Å². The number of likely N-dealkylation sites (N-methyl/N-ethyl adjacent to an activating group) is 1. The fourth-order valence-corrected chi connectivity index (χ4v) is 4.38. The molecule has 0 aliphatic carbocycles. The molecule has 1 aliphatic rings. The number of rotatable bonds is 6. The van der Waals surface area contributed by atoms with Gasteiger partial charge in [-0.3, -0.25) is 4.79 Å². The van der Waals surface area contributed by atoms with E-state index in [4.69, 9.17) is 23.4 Å². The maximum Gasteiger partial charge on any atom is 0.275 e. The zero-order chi connectivity index (χ0) is 20.0. The normalized spacial score (nSPS) is 25.3. The van der Waals surface area contributed by atoms with Crippen LogP contribution in [-0.4, -0.2) is 61.9 Å². The number of benzene rings is 1. The molecule has 7 nitrogen and oxygen atoms in total. The van der Waals surface area contributed by atoms with E-state index in [1.54, 1.807) is 7.11 Å². The number of nitrogens with two attached hydrogens (primary N) is 1. The number of thioether (sulfide) groups is 1. The van der Waals surface area contributed by atoms with Crippen LogP contribution in [0.2, 0.25) is 0 Å². The number of quaternary nitrogens is 1. The van der Waals surface area contributed by atoms with Crippen LogP contribution in [0.5, 0.6) is 5.75 Å². The van der Waals surface area contributed by atoms with Crippen LogP contribution in [-0.2, 0) is 21.1 Å². The summed E-state index contributed by atoms with van der Waals surface area (Å²) < 4.78 is 41.3. The summed E-state index contributed by atoms with van der Waals surface area (Å²) in [5.41, 5.74) is 6.86. The third-order valence-electron chi connectivity index (χ3n) is 4.55. The zero-order valence-corrected chi connectivity index (χ0v) is 16.7. The van der Waals surface area contributed by atoms with Crippen molar-refractivity contribution in [1.29, 1.82) is 0 Å². The van der Waals surface area contributed by atoms with Gasteiger partial charge >= 0.3 is 0 Å². The number of amides is 1. The molecule has 1 aromatic rings. The van der Waals surface area contributed by atoms with Crippen LogP contribution in [0.15, 0.2) is 24.3 Å². The minimum atomic E-state index is -5.42. The maximum atomic E-state index is 11.6. The first-order valence-electron chi connectivity index (χ1n) is 8.02. The van der Waals surface area contributed by atoms with Crippen molar-refractivity contribution in [2.45, 2.75) is 30.4 Å². The number of carbonyl (C=O) groups is 1. The van der Waals surface area contributed by atoms with Crippen molar-refractivity contribution in [2.24, 2.45) is 5.73 Å². The third-order valence-corrected chi connectivity index (χ3v) is 5.87. The van der Waals surface area contributed by atoms with Gasteiger partial charge in [0, 0.05) is 12.2 Å². The van der Waals surface area contributed by atoms with Crippen LogP contribution < -0.4 is 10.5 Å². The number of primary amides is 1. The van der Waals surface area contributed by atoms with Crippen LogP contribution >= 0.6 is 11.8 Å². The number of halogens is 1.